The Labute approximate surface area is 102 Å². The molecule has 0 aromatic heterocycles. The van der Waals surface area contributed by atoms with Crippen molar-refractivity contribution in [1.29, 1.82) is 5.41 Å². The lowest BCUT2D eigenvalue weighted by atomic mass is 10.1. The molecule has 3 nitrogen and oxygen atoms in total. The quantitative estimate of drug-likeness (QED) is 0.589. The van der Waals surface area contributed by atoms with Crippen LogP contribution in [0.2, 0.25) is 0 Å². The lowest BCUT2D eigenvalue weighted by Gasteiger charge is -2.26. The number of nitrogens with zero attached hydrogens (tertiary/aromatic N) is 1. The summed E-state index contributed by atoms with van der Waals surface area (Å²) in [7, 11) is 1.93. The van der Waals surface area contributed by atoms with Gasteiger partial charge in [0.15, 0.2) is 0 Å². The molecule has 0 bridgehead atoms. The highest BCUT2D eigenvalue weighted by atomic mass is 19.1. The van der Waals surface area contributed by atoms with Crippen molar-refractivity contribution in [2.24, 2.45) is 5.73 Å². The Hall–Kier alpha value is -1.42. The van der Waals surface area contributed by atoms with Crippen molar-refractivity contribution in [2.45, 2.75) is 32.4 Å². The smallest absolute Gasteiger partial charge is 0.127 e. The maximum absolute atomic E-state index is 13.5. The zero-order valence-corrected chi connectivity index (χ0v) is 10.4. The zero-order valence-electron chi connectivity index (χ0n) is 10.4. The summed E-state index contributed by atoms with van der Waals surface area (Å²) in [6.45, 7) is 2.59. The van der Waals surface area contributed by atoms with Gasteiger partial charge in [-0.3, -0.25) is 10.3 Å². The van der Waals surface area contributed by atoms with Crippen molar-refractivity contribution in [2.75, 3.05) is 7.05 Å². The first-order valence-corrected chi connectivity index (χ1v) is 5.81. The number of nitrogens with two attached hydrogens (primary N) is 1. The van der Waals surface area contributed by atoms with Crippen LogP contribution < -0.4 is 5.73 Å². The second-order valence-electron chi connectivity index (χ2n) is 4.30. The molecule has 0 saturated heterocycles. The Kier molecular flexibility index (Phi) is 5.10. The Morgan fingerprint density at radius 2 is 2.12 bits per heavy atom. The molecule has 3 N–H and O–H groups in total. The van der Waals surface area contributed by atoms with E-state index >= 15 is 0 Å². The highest BCUT2D eigenvalue weighted by molar-refractivity contribution is 5.77. The minimum atomic E-state index is -0.183. The fraction of sp³-hybridized carbons (Fsp3) is 0.462. The number of halogens is 1. The fourth-order valence-corrected chi connectivity index (χ4v) is 1.89. The molecule has 0 spiro atoms. The highest BCUT2D eigenvalue weighted by Gasteiger charge is 2.15. The molecule has 0 aliphatic carbocycles. The molecule has 0 saturated carbocycles. The third-order valence-corrected chi connectivity index (χ3v) is 2.93. The molecule has 4 heteroatoms. The third-order valence-electron chi connectivity index (χ3n) is 2.93. The standard InChI is InChI=1S/C13H20FN3/c1-3-11(8-13(15)16)17(2)9-10-6-4-5-7-12(10)14/h4-7,11H,3,8-9H2,1-2H3,(H3,15,16). The van der Waals surface area contributed by atoms with E-state index in [1.165, 1.54) is 6.07 Å². The summed E-state index contributed by atoms with van der Waals surface area (Å²) < 4.78 is 13.5. The molecule has 1 atom stereocenters. The van der Waals surface area contributed by atoms with Gasteiger partial charge in [-0.2, -0.15) is 0 Å². The first-order chi connectivity index (χ1) is 8.04. The molecule has 0 aliphatic heterocycles. The molecule has 0 radical (unpaired) electrons. The molecule has 0 fully saturated rings. The second kappa shape index (κ2) is 6.35. The van der Waals surface area contributed by atoms with E-state index in [2.05, 4.69) is 0 Å². The SMILES string of the molecule is CCC(CC(=N)N)N(C)Cc1ccccc1F. The van der Waals surface area contributed by atoms with Crippen molar-refractivity contribution in [3.63, 3.8) is 0 Å². The second-order valence-corrected chi connectivity index (χ2v) is 4.30. The summed E-state index contributed by atoms with van der Waals surface area (Å²) in [4.78, 5) is 2.04. The Morgan fingerprint density at radius 1 is 1.47 bits per heavy atom. The van der Waals surface area contributed by atoms with Crippen molar-refractivity contribution in [3.05, 3.63) is 35.6 Å². The monoisotopic (exact) mass is 237 g/mol. The van der Waals surface area contributed by atoms with Crippen LogP contribution in [0.25, 0.3) is 0 Å². The molecule has 94 valence electrons. The van der Waals surface area contributed by atoms with Gasteiger partial charge in [0, 0.05) is 24.6 Å². The van der Waals surface area contributed by atoms with Crippen LogP contribution in [0, 0.1) is 11.2 Å². The zero-order chi connectivity index (χ0) is 12.8. The maximum atomic E-state index is 13.5. The van der Waals surface area contributed by atoms with Crippen LogP contribution in [0.4, 0.5) is 4.39 Å². The molecular formula is C13H20FN3. The summed E-state index contributed by atoms with van der Waals surface area (Å²) in [5, 5.41) is 7.32. The molecule has 0 amide bonds. The van der Waals surface area contributed by atoms with Crippen LogP contribution in [-0.4, -0.2) is 23.8 Å². The van der Waals surface area contributed by atoms with E-state index in [1.807, 2.05) is 24.9 Å². The minimum absolute atomic E-state index is 0.178. The van der Waals surface area contributed by atoms with Crippen molar-refractivity contribution < 1.29 is 4.39 Å². The summed E-state index contributed by atoms with van der Waals surface area (Å²) in [5.41, 5.74) is 6.09. The normalized spacial score (nSPS) is 12.7. The number of hydrogen-bond donors (Lipinski definition) is 2. The van der Waals surface area contributed by atoms with E-state index in [4.69, 9.17) is 11.1 Å². The van der Waals surface area contributed by atoms with E-state index in [-0.39, 0.29) is 17.7 Å². The Bertz CT molecular complexity index is 379. The van der Waals surface area contributed by atoms with Crippen LogP contribution >= 0.6 is 0 Å². The van der Waals surface area contributed by atoms with Gasteiger partial charge in [-0.15, -0.1) is 0 Å². The van der Waals surface area contributed by atoms with Gasteiger partial charge in [0.2, 0.25) is 0 Å². The average Bonchev–Trinajstić information content (AvgIpc) is 2.28. The maximum Gasteiger partial charge on any atom is 0.127 e. The highest BCUT2D eigenvalue weighted by Crippen LogP contribution is 2.13. The van der Waals surface area contributed by atoms with Crippen LogP contribution in [-0.2, 0) is 6.54 Å². The molecule has 0 heterocycles. The molecule has 0 aliphatic rings. The predicted octanol–water partition coefficient (Wildman–Crippen LogP) is 2.36. The van der Waals surface area contributed by atoms with Gasteiger partial charge < -0.3 is 5.73 Å². The van der Waals surface area contributed by atoms with E-state index in [1.54, 1.807) is 12.1 Å². The van der Waals surface area contributed by atoms with Gasteiger partial charge >= 0.3 is 0 Å². The summed E-state index contributed by atoms with van der Waals surface area (Å²) >= 11 is 0. The number of benzene rings is 1. The van der Waals surface area contributed by atoms with Crippen LogP contribution in [0.5, 0.6) is 0 Å². The fourth-order valence-electron chi connectivity index (χ4n) is 1.89. The van der Waals surface area contributed by atoms with Crippen LogP contribution in [0.3, 0.4) is 0 Å². The molecule has 17 heavy (non-hydrogen) atoms. The van der Waals surface area contributed by atoms with E-state index in [9.17, 15) is 4.39 Å². The van der Waals surface area contributed by atoms with E-state index < -0.39 is 0 Å². The number of rotatable bonds is 6. The first kappa shape index (κ1) is 13.6. The first-order valence-electron chi connectivity index (χ1n) is 5.81. The minimum Gasteiger partial charge on any atom is -0.388 e. The van der Waals surface area contributed by atoms with Gasteiger partial charge in [-0.1, -0.05) is 25.1 Å². The van der Waals surface area contributed by atoms with Gasteiger partial charge in [-0.05, 0) is 19.5 Å². The summed E-state index contributed by atoms with van der Waals surface area (Å²) in [6, 6.07) is 6.96. The Morgan fingerprint density at radius 3 is 2.65 bits per heavy atom. The van der Waals surface area contributed by atoms with Gasteiger partial charge in [0.05, 0.1) is 5.84 Å². The molecule has 1 unspecified atom stereocenters. The molecule has 1 rings (SSSR count). The predicted molar refractivity (Wildman–Crippen MR) is 68.5 cm³/mol. The van der Waals surface area contributed by atoms with E-state index in [0.717, 1.165) is 6.42 Å². The van der Waals surface area contributed by atoms with Gasteiger partial charge in [0.25, 0.3) is 0 Å². The van der Waals surface area contributed by atoms with Gasteiger partial charge in [-0.25, -0.2) is 4.39 Å². The van der Waals surface area contributed by atoms with Crippen molar-refractivity contribution in [1.82, 2.24) is 4.90 Å². The van der Waals surface area contributed by atoms with Crippen molar-refractivity contribution >= 4 is 5.84 Å². The lowest BCUT2D eigenvalue weighted by molar-refractivity contribution is 0.229. The van der Waals surface area contributed by atoms with Gasteiger partial charge in [0.1, 0.15) is 5.82 Å². The average molecular weight is 237 g/mol. The molecule has 1 aromatic rings. The van der Waals surface area contributed by atoms with Crippen LogP contribution in [0.15, 0.2) is 24.3 Å². The molecular weight excluding hydrogens is 217 g/mol. The Balaban J connectivity index is 2.67. The summed E-state index contributed by atoms with van der Waals surface area (Å²) in [5.74, 6) is -0.00531. The van der Waals surface area contributed by atoms with E-state index in [0.29, 0.717) is 18.5 Å². The summed E-state index contributed by atoms with van der Waals surface area (Å²) in [6.07, 6.45) is 1.42. The lowest BCUT2D eigenvalue weighted by Crippen LogP contribution is -2.34. The number of nitrogens with one attached hydrogen (secondary N) is 1. The third kappa shape index (κ3) is 4.15. The largest absolute Gasteiger partial charge is 0.388 e. The topological polar surface area (TPSA) is 53.1 Å². The molecule has 1 aromatic carbocycles. The van der Waals surface area contributed by atoms with Crippen LogP contribution in [0.1, 0.15) is 25.3 Å². The number of amidine groups is 1. The number of hydrogen-bond acceptors (Lipinski definition) is 2. The van der Waals surface area contributed by atoms with Crippen molar-refractivity contribution in [3.8, 4) is 0 Å².